The molecule has 1 N–H and O–H groups in total. The lowest BCUT2D eigenvalue weighted by atomic mass is 10.2. The first-order valence-electron chi connectivity index (χ1n) is 6.87. The Morgan fingerprint density at radius 3 is 2.75 bits per heavy atom. The highest BCUT2D eigenvalue weighted by Crippen LogP contribution is 2.36. The zero-order chi connectivity index (χ0) is 17.8. The summed E-state index contributed by atoms with van der Waals surface area (Å²) in [4.78, 5) is 0. The number of benzene rings is 1. The maximum atomic E-state index is 12.3. The van der Waals surface area contributed by atoms with E-state index < -0.39 is 21.4 Å². The topological polar surface area (TPSA) is 83.1 Å². The molecule has 2 rings (SSSR count). The van der Waals surface area contributed by atoms with Crippen molar-refractivity contribution in [2.75, 3.05) is 33.4 Å². The van der Waals surface area contributed by atoms with Gasteiger partial charge in [-0.05, 0) is 12.1 Å². The van der Waals surface area contributed by atoms with Crippen LogP contribution >= 0.6 is 0 Å². The monoisotopic (exact) mass is 371 g/mol. The van der Waals surface area contributed by atoms with E-state index >= 15 is 0 Å². The number of fused-ring (bicyclic) bond motifs is 1. The van der Waals surface area contributed by atoms with Gasteiger partial charge in [-0.1, -0.05) is 0 Å². The van der Waals surface area contributed by atoms with Crippen molar-refractivity contribution >= 4 is 10.1 Å². The molecule has 1 aliphatic rings. The lowest BCUT2D eigenvalue weighted by Crippen LogP contribution is -2.39. The summed E-state index contributed by atoms with van der Waals surface area (Å²) in [6, 6.07) is 3.38. The van der Waals surface area contributed by atoms with E-state index in [4.69, 9.17) is 14.2 Å². The van der Waals surface area contributed by atoms with Crippen molar-refractivity contribution in [1.82, 2.24) is 5.32 Å². The van der Waals surface area contributed by atoms with Crippen molar-refractivity contribution in [3.8, 4) is 17.2 Å². The van der Waals surface area contributed by atoms with Crippen LogP contribution in [0.5, 0.6) is 17.2 Å². The van der Waals surface area contributed by atoms with Crippen molar-refractivity contribution in [1.29, 1.82) is 0 Å². The molecule has 0 aromatic heterocycles. The SMILES string of the molecule is COCCNCC1COc2ccc(OS(=O)(=O)C(F)(F)F)cc2O1. The molecule has 1 unspecified atom stereocenters. The van der Waals surface area contributed by atoms with Gasteiger partial charge in [-0.15, -0.1) is 0 Å². The van der Waals surface area contributed by atoms with E-state index in [-0.39, 0.29) is 18.5 Å². The van der Waals surface area contributed by atoms with Crippen LogP contribution in [0, 0.1) is 0 Å². The molecule has 0 fully saturated rings. The minimum atomic E-state index is -5.73. The third kappa shape index (κ3) is 4.65. The molecule has 1 heterocycles. The van der Waals surface area contributed by atoms with Crippen LogP contribution in [0.1, 0.15) is 0 Å². The average Bonchev–Trinajstić information content (AvgIpc) is 2.50. The first-order chi connectivity index (χ1) is 11.2. The van der Waals surface area contributed by atoms with Crippen molar-refractivity contribution in [2.24, 2.45) is 0 Å². The van der Waals surface area contributed by atoms with E-state index in [0.29, 0.717) is 25.4 Å². The van der Waals surface area contributed by atoms with E-state index in [1.54, 1.807) is 7.11 Å². The molecule has 1 aliphatic heterocycles. The van der Waals surface area contributed by atoms with Gasteiger partial charge >= 0.3 is 15.6 Å². The number of ether oxygens (including phenoxy) is 3. The van der Waals surface area contributed by atoms with Crippen LogP contribution in [-0.4, -0.2) is 53.4 Å². The Morgan fingerprint density at radius 1 is 1.33 bits per heavy atom. The van der Waals surface area contributed by atoms with Gasteiger partial charge in [-0.25, -0.2) is 0 Å². The molecule has 0 saturated heterocycles. The normalized spacial score (nSPS) is 17.6. The number of hydrogen-bond acceptors (Lipinski definition) is 7. The predicted molar refractivity (Wildman–Crippen MR) is 76.7 cm³/mol. The second-order valence-electron chi connectivity index (χ2n) is 4.84. The van der Waals surface area contributed by atoms with Crippen molar-refractivity contribution in [3.63, 3.8) is 0 Å². The van der Waals surface area contributed by atoms with E-state index in [9.17, 15) is 21.6 Å². The lowest BCUT2D eigenvalue weighted by Gasteiger charge is -2.27. The molecular formula is C13H16F3NO6S. The van der Waals surface area contributed by atoms with Gasteiger partial charge in [0.1, 0.15) is 18.5 Å². The number of nitrogens with one attached hydrogen (secondary N) is 1. The molecule has 1 atom stereocenters. The van der Waals surface area contributed by atoms with Crippen LogP contribution in [0.25, 0.3) is 0 Å². The average molecular weight is 371 g/mol. The van der Waals surface area contributed by atoms with Gasteiger partial charge in [0.25, 0.3) is 0 Å². The molecule has 0 amide bonds. The Labute approximate surface area is 136 Å². The van der Waals surface area contributed by atoms with Crippen molar-refractivity contribution in [2.45, 2.75) is 11.6 Å². The highest BCUT2D eigenvalue weighted by atomic mass is 32.2. The zero-order valence-electron chi connectivity index (χ0n) is 12.6. The highest BCUT2D eigenvalue weighted by Gasteiger charge is 2.48. The predicted octanol–water partition coefficient (Wildman–Crippen LogP) is 1.29. The van der Waals surface area contributed by atoms with Gasteiger partial charge in [0.05, 0.1) is 6.61 Å². The number of halogens is 3. The van der Waals surface area contributed by atoms with Crippen molar-refractivity contribution in [3.05, 3.63) is 18.2 Å². The standard InChI is InChI=1S/C13H16F3NO6S/c1-20-5-4-17-7-10-8-21-11-3-2-9(6-12(11)22-10)23-24(18,19)13(14,15)16/h2-3,6,10,17H,4-5,7-8H2,1H3. The van der Waals surface area contributed by atoms with Crippen LogP contribution in [0.15, 0.2) is 18.2 Å². The van der Waals surface area contributed by atoms with Crippen LogP contribution < -0.4 is 19.0 Å². The van der Waals surface area contributed by atoms with E-state index in [1.807, 2.05) is 0 Å². The number of alkyl halides is 3. The highest BCUT2D eigenvalue weighted by molar-refractivity contribution is 7.88. The van der Waals surface area contributed by atoms with Crippen LogP contribution in [0.3, 0.4) is 0 Å². The van der Waals surface area contributed by atoms with Crippen LogP contribution in [0.4, 0.5) is 13.2 Å². The molecule has 0 saturated carbocycles. The Hall–Kier alpha value is -1.72. The fourth-order valence-electron chi connectivity index (χ4n) is 1.86. The lowest BCUT2D eigenvalue weighted by molar-refractivity contribution is -0.0500. The fourth-order valence-corrected chi connectivity index (χ4v) is 2.31. The molecule has 0 spiro atoms. The van der Waals surface area contributed by atoms with Crippen LogP contribution in [-0.2, 0) is 14.9 Å². The number of hydrogen-bond donors (Lipinski definition) is 1. The summed E-state index contributed by atoms with van der Waals surface area (Å²) in [6.45, 7) is 1.77. The van der Waals surface area contributed by atoms with Gasteiger partial charge in [-0.3, -0.25) is 0 Å². The summed E-state index contributed by atoms with van der Waals surface area (Å²) >= 11 is 0. The Kier molecular flexibility index (Phi) is 5.78. The summed E-state index contributed by atoms with van der Waals surface area (Å²) in [7, 11) is -4.17. The first-order valence-corrected chi connectivity index (χ1v) is 8.27. The second-order valence-corrected chi connectivity index (χ2v) is 6.38. The molecule has 11 heteroatoms. The number of methoxy groups -OCH3 is 1. The molecule has 0 bridgehead atoms. The van der Waals surface area contributed by atoms with Crippen LogP contribution in [0.2, 0.25) is 0 Å². The molecule has 7 nitrogen and oxygen atoms in total. The second kappa shape index (κ2) is 7.45. The van der Waals surface area contributed by atoms with Gasteiger partial charge in [0.2, 0.25) is 0 Å². The summed E-state index contributed by atoms with van der Waals surface area (Å²) in [5.41, 5.74) is -5.51. The fraction of sp³-hybridized carbons (Fsp3) is 0.538. The third-order valence-electron chi connectivity index (χ3n) is 2.98. The van der Waals surface area contributed by atoms with Gasteiger partial charge in [-0.2, -0.15) is 21.6 Å². The van der Waals surface area contributed by atoms with E-state index in [1.165, 1.54) is 6.07 Å². The minimum absolute atomic E-state index is 0.106. The van der Waals surface area contributed by atoms with E-state index in [2.05, 4.69) is 9.50 Å². The van der Waals surface area contributed by atoms with E-state index in [0.717, 1.165) is 12.1 Å². The molecule has 24 heavy (non-hydrogen) atoms. The van der Waals surface area contributed by atoms with Gasteiger partial charge in [0, 0.05) is 26.3 Å². The van der Waals surface area contributed by atoms with Gasteiger partial charge in [0.15, 0.2) is 11.5 Å². The smallest absolute Gasteiger partial charge is 0.486 e. The molecule has 136 valence electrons. The molecular weight excluding hydrogens is 355 g/mol. The first kappa shape index (κ1) is 18.6. The largest absolute Gasteiger partial charge is 0.534 e. The summed E-state index contributed by atoms with van der Waals surface area (Å²) in [5, 5.41) is 3.05. The quantitative estimate of drug-likeness (QED) is 0.439. The van der Waals surface area contributed by atoms with Crippen molar-refractivity contribution < 1.29 is 40.0 Å². The molecule has 1 aromatic rings. The Morgan fingerprint density at radius 2 is 2.08 bits per heavy atom. The molecule has 0 radical (unpaired) electrons. The summed E-state index contributed by atoms with van der Waals surface area (Å²) in [6.07, 6.45) is -0.385. The Bertz CT molecular complexity index is 664. The maximum absolute atomic E-state index is 12.3. The zero-order valence-corrected chi connectivity index (χ0v) is 13.4. The molecule has 0 aliphatic carbocycles. The minimum Gasteiger partial charge on any atom is -0.486 e. The number of rotatable bonds is 7. The van der Waals surface area contributed by atoms with Gasteiger partial charge < -0.3 is 23.7 Å². The summed E-state index contributed by atoms with van der Waals surface area (Å²) in [5.74, 6) is -0.114. The maximum Gasteiger partial charge on any atom is 0.534 e. The summed E-state index contributed by atoms with van der Waals surface area (Å²) < 4.78 is 79.0. The molecule has 1 aromatic carbocycles. The third-order valence-corrected chi connectivity index (χ3v) is 3.96. The Balaban J connectivity index is 2.03.